The quantitative estimate of drug-likeness (QED) is 0.624. The van der Waals surface area contributed by atoms with Crippen molar-refractivity contribution < 1.29 is 14.0 Å². The third-order valence-corrected chi connectivity index (χ3v) is 6.98. The van der Waals surface area contributed by atoms with E-state index >= 15 is 0 Å². The molecule has 3 aromatic carbocycles. The summed E-state index contributed by atoms with van der Waals surface area (Å²) in [5.41, 5.74) is 4.10. The number of benzene rings is 3. The molecule has 1 spiro atoms. The summed E-state index contributed by atoms with van der Waals surface area (Å²) in [6, 6.07) is 21.5. The first kappa shape index (κ1) is 18.9. The largest absolute Gasteiger partial charge is 0.304 e. The number of hydrogen-bond acceptors (Lipinski definition) is 3. The third-order valence-electron chi connectivity index (χ3n) is 5.59. The summed E-state index contributed by atoms with van der Waals surface area (Å²) < 4.78 is 14.0. The van der Waals surface area contributed by atoms with Gasteiger partial charge in [-0.2, -0.15) is 0 Å². The van der Waals surface area contributed by atoms with Crippen LogP contribution < -0.4 is 9.80 Å². The van der Waals surface area contributed by atoms with E-state index in [2.05, 4.69) is 0 Å². The predicted molar refractivity (Wildman–Crippen MR) is 117 cm³/mol. The average Bonchev–Trinajstić information content (AvgIpc) is 3.21. The Kier molecular flexibility index (Phi) is 4.40. The molecule has 2 aliphatic heterocycles. The number of hydrogen-bond donors (Lipinski definition) is 0. The molecule has 0 saturated carbocycles. The summed E-state index contributed by atoms with van der Waals surface area (Å²) in [5.74, 6) is -0.660. The fourth-order valence-corrected chi connectivity index (χ4v) is 5.56. The van der Waals surface area contributed by atoms with Gasteiger partial charge in [-0.1, -0.05) is 54.1 Å². The number of fused-ring (bicyclic) bond motifs is 2. The Labute approximate surface area is 178 Å². The zero-order chi connectivity index (χ0) is 20.9. The molecule has 1 fully saturated rings. The summed E-state index contributed by atoms with van der Waals surface area (Å²) in [6.45, 7) is 2.43. The number of halogens is 1. The molecule has 0 N–H and O–H groups in total. The topological polar surface area (TPSA) is 40.6 Å². The molecule has 0 aromatic heterocycles. The van der Waals surface area contributed by atoms with Crippen LogP contribution in [0.15, 0.2) is 72.8 Å². The Morgan fingerprint density at radius 3 is 2.53 bits per heavy atom. The van der Waals surface area contributed by atoms with Crippen LogP contribution in [0.25, 0.3) is 0 Å². The Morgan fingerprint density at radius 2 is 1.77 bits per heavy atom. The maximum atomic E-state index is 14.0. The second kappa shape index (κ2) is 6.99. The lowest BCUT2D eigenvalue weighted by atomic mass is 10.0. The van der Waals surface area contributed by atoms with Crippen molar-refractivity contribution in [2.75, 3.05) is 15.6 Å². The van der Waals surface area contributed by atoms with Gasteiger partial charge in [-0.15, -0.1) is 11.8 Å². The molecular formula is C24H19FN2O2S. The second-order valence-corrected chi connectivity index (χ2v) is 8.70. The maximum Gasteiger partial charge on any atom is 0.269 e. The fourth-order valence-electron chi connectivity index (χ4n) is 4.20. The zero-order valence-electron chi connectivity index (χ0n) is 16.3. The monoisotopic (exact) mass is 418 g/mol. The summed E-state index contributed by atoms with van der Waals surface area (Å²) >= 11 is 1.30. The number of rotatable bonds is 3. The fraction of sp³-hybridized carbons (Fsp3) is 0.167. The van der Waals surface area contributed by atoms with Gasteiger partial charge in [0, 0.05) is 11.3 Å². The van der Waals surface area contributed by atoms with Crippen molar-refractivity contribution >= 4 is 35.0 Å². The van der Waals surface area contributed by atoms with Crippen LogP contribution in [-0.2, 0) is 21.0 Å². The van der Waals surface area contributed by atoms with Gasteiger partial charge in [-0.05, 0) is 36.8 Å². The Bertz CT molecular complexity index is 1160. The highest BCUT2D eigenvalue weighted by Gasteiger charge is 2.60. The molecule has 0 aliphatic carbocycles. The second-order valence-electron chi connectivity index (χ2n) is 7.54. The van der Waals surface area contributed by atoms with Gasteiger partial charge < -0.3 is 4.90 Å². The molecule has 0 radical (unpaired) electrons. The van der Waals surface area contributed by atoms with Crippen LogP contribution >= 0.6 is 11.8 Å². The van der Waals surface area contributed by atoms with Crippen molar-refractivity contribution in [3.05, 3.63) is 95.3 Å². The number of nitrogens with zero attached hydrogens (tertiary/aromatic N) is 2. The lowest BCUT2D eigenvalue weighted by Gasteiger charge is -2.33. The maximum absolute atomic E-state index is 14.0. The summed E-state index contributed by atoms with van der Waals surface area (Å²) in [6.07, 6.45) is 0. The first-order valence-corrected chi connectivity index (χ1v) is 10.7. The summed E-state index contributed by atoms with van der Waals surface area (Å²) in [5, 5.41) is 0. The molecule has 6 heteroatoms. The molecule has 4 nitrogen and oxygen atoms in total. The lowest BCUT2D eigenvalue weighted by Crippen LogP contribution is -2.49. The molecule has 5 rings (SSSR count). The predicted octanol–water partition coefficient (Wildman–Crippen LogP) is 4.61. The van der Waals surface area contributed by atoms with Crippen molar-refractivity contribution in [2.24, 2.45) is 0 Å². The van der Waals surface area contributed by atoms with E-state index in [0.717, 1.165) is 22.4 Å². The van der Waals surface area contributed by atoms with Crippen molar-refractivity contribution in [1.82, 2.24) is 0 Å². The minimum absolute atomic E-state index is 0.162. The van der Waals surface area contributed by atoms with Gasteiger partial charge in [-0.3, -0.25) is 14.5 Å². The van der Waals surface area contributed by atoms with Gasteiger partial charge in [0.1, 0.15) is 5.82 Å². The van der Waals surface area contributed by atoms with Gasteiger partial charge in [-0.25, -0.2) is 4.39 Å². The molecule has 3 aromatic rings. The van der Waals surface area contributed by atoms with Crippen LogP contribution in [0.2, 0.25) is 0 Å². The van der Waals surface area contributed by atoms with E-state index in [1.165, 1.54) is 28.8 Å². The van der Waals surface area contributed by atoms with E-state index < -0.39 is 10.7 Å². The standard InChI is InChI=1S/C24H19FN2O2S/c1-16-9-11-17(12-10-16)14-26-21-8-3-2-7-20(21)24(23(26)29)27(22(28)15-30-24)19-6-4-5-18(25)13-19/h2-13H,14-15H2,1H3/t24-/m0/s1. The summed E-state index contributed by atoms with van der Waals surface area (Å²) in [4.78, 5) is 28.8. The number of anilines is 2. The first-order chi connectivity index (χ1) is 14.5. The highest BCUT2D eigenvalue weighted by molar-refractivity contribution is 8.02. The highest BCUT2D eigenvalue weighted by Crippen LogP contribution is 2.55. The first-order valence-electron chi connectivity index (χ1n) is 9.70. The van der Waals surface area contributed by atoms with Crippen LogP contribution in [-0.4, -0.2) is 17.6 Å². The number of thioether (sulfide) groups is 1. The number of aryl methyl sites for hydroxylation is 1. The SMILES string of the molecule is Cc1ccc(CN2C(=O)[C@@]3(SCC(=O)N3c3cccc(F)c3)c3ccccc32)cc1. The summed E-state index contributed by atoms with van der Waals surface area (Å²) in [7, 11) is 0. The van der Waals surface area contributed by atoms with E-state index in [1.807, 2.05) is 55.5 Å². The van der Waals surface area contributed by atoms with Gasteiger partial charge in [0.15, 0.2) is 0 Å². The van der Waals surface area contributed by atoms with Gasteiger partial charge in [0.25, 0.3) is 5.91 Å². The zero-order valence-corrected chi connectivity index (χ0v) is 17.2. The molecule has 1 atom stereocenters. The molecule has 2 amide bonds. The minimum atomic E-state index is -1.22. The lowest BCUT2D eigenvalue weighted by molar-refractivity contribution is -0.123. The van der Waals surface area contributed by atoms with E-state index in [0.29, 0.717) is 12.2 Å². The van der Waals surface area contributed by atoms with Crippen LogP contribution in [0.5, 0.6) is 0 Å². The van der Waals surface area contributed by atoms with Crippen molar-refractivity contribution in [3.63, 3.8) is 0 Å². The Hall–Kier alpha value is -3.12. The van der Waals surface area contributed by atoms with Gasteiger partial charge in [0.05, 0.1) is 18.0 Å². The molecular weight excluding hydrogens is 399 g/mol. The average molecular weight is 418 g/mol. The molecule has 150 valence electrons. The minimum Gasteiger partial charge on any atom is -0.304 e. The third kappa shape index (κ3) is 2.75. The molecule has 0 bridgehead atoms. The molecule has 2 heterocycles. The van der Waals surface area contributed by atoms with E-state index in [9.17, 15) is 14.0 Å². The molecule has 1 saturated heterocycles. The van der Waals surface area contributed by atoms with Crippen molar-refractivity contribution in [3.8, 4) is 0 Å². The number of carbonyl (C=O) groups is 2. The van der Waals surface area contributed by atoms with Crippen molar-refractivity contribution in [1.29, 1.82) is 0 Å². The van der Waals surface area contributed by atoms with E-state index in [4.69, 9.17) is 0 Å². The Balaban J connectivity index is 1.64. The Morgan fingerprint density at radius 1 is 1.00 bits per heavy atom. The van der Waals surface area contributed by atoms with Crippen LogP contribution in [0, 0.1) is 12.7 Å². The van der Waals surface area contributed by atoms with E-state index in [1.54, 1.807) is 17.0 Å². The molecule has 30 heavy (non-hydrogen) atoms. The van der Waals surface area contributed by atoms with E-state index in [-0.39, 0.29) is 17.6 Å². The van der Waals surface area contributed by atoms with Crippen LogP contribution in [0.1, 0.15) is 16.7 Å². The van der Waals surface area contributed by atoms with Gasteiger partial charge in [0.2, 0.25) is 10.8 Å². The molecule has 0 unspecified atom stereocenters. The highest BCUT2D eigenvalue weighted by atomic mass is 32.2. The normalized spacial score (nSPS) is 20.3. The smallest absolute Gasteiger partial charge is 0.269 e. The van der Waals surface area contributed by atoms with Gasteiger partial charge >= 0.3 is 0 Å². The number of amides is 2. The van der Waals surface area contributed by atoms with Crippen LogP contribution in [0.4, 0.5) is 15.8 Å². The number of carbonyl (C=O) groups excluding carboxylic acids is 2. The molecule has 2 aliphatic rings. The number of para-hydroxylation sites is 1. The van der Waals surface area contributed by atoms with Crippen molar-refractivity contribution in [2.45, 2.75) is 18.3 Å². The van der Waals surface area contributed by atoms with Crippen LogP contribution in [0.3, 0.4) is 0 Å².